The summed E-state index contributed by atoms with van der Waals surface area (Å²) >= 11 is 17.9. The molecule has 144 valence electrons. The smallest absolute Gasteiger partial charge is 0.307 e. The molecule has 0 bridgehead atoms. The van der Waals surface area contributed by atoms with Gasteiger partial charge < -0.3 is 10.1 Å². The normalized spacial score (nSPS) is 12.9. The van der Waals surface area contributed by atoms with Crippen LogP contribution in [-0.2, 0) is 19.9 Å². The average Bonchev–Trinajstić information content (AvgIpc) is 2.65. The zero-order chi connectivity index (χ0) is 20.0. The molecule has 0 aliphatic heterocycles. The van der Waals surface area contributed by atoms with Crippen LogP contribution in [0, 0.1) is 0 Å². The Morgan fingerprint density at radius 3 is 2.48 bits per heavy atom. The Labute approximate surface area is 172 Å². The molecule has 9 heteroatoms. The molecule has 2 N–H and O–H groups in total. The quantitative estimate of drug-likeness (QED) is 0.512. The molecule has 0 saturated carbocycles. The zero-order valence-corrected chi connectivity index (χ0v) is 17.0. The third kappa shape index (κ3) is 5.81. The minimum atomic E-state index is -0.896. The third-order valence-corrected chi connectivity index (χ3v) is 4.91. The summed E-state index contributed by atoms with van der Waals surface area (Å²) in [6.45, 7) is 1.67. The van der Waals surface area contributed by atoms with E-state index in [0.717, 1.165) is 0 Å². The predicted octanol–water partition coefficient (Wildman–Crippen LogP) is 4.05. The van der Waals surface area contributed by atoms with Gasteiger partial charge in [-0.1, -0.05) is 40.9 Å². The molecule has 0 fully saturated rings. The molecule has 1 aromatic carbocycles. The van der Waals surface area contributed by atoms with E-state index in [9.17, 15) is 9.59 Å². The summed E-state index contributed by atoms with van der Waals surface area (Å²) in [7, 11) is 1.31. The summed E-state index contributed by atoms with van der Waals surface area (Å²) in [4.78, 5) is 28.4. The van der Waals surface area contributed by atoms with Crippen LogP contribution in [0.4, 0.5) is 5.69 Å². The molecule has 1 amide bonds. The molecule has 1 aromatic heterocycles. The van der Waals surface area contributed by atoms with Gasteiger partial charge in [0.2, 0.25) is 5.91 Å². The number of amides is 1. The summed E-state index contributed by atoms with van der Waals surface area (Å²) in [5.41, 5.74) is 0.0498. The molecule has 0 aliphatic carbocycles. The van der Waals surface area contributed by atoms with E-state index in [4.69, 9.17) is 39.5 Å². The lowest BCUT2D eigenvalue weighted by Gasteiger charge is -2.29. The maximum absolute atomic E-state index is 12.3. The van der Waals surface area contributed by atoms with Crippen LogP contribution in [0.15, 0.2) is 36.5 Å². The Balaban J connectivity index is 2.11. The largest absolute Gasteiger partial charge is 0.469 e. The van der Waals surface area contributed by atoms with E-state index in [1.165, 1.54) is 19.2 Å². The van der Waals surface area contributed by atoms with Crippen molar-refractivity contribution in [2.45, 2.75) is 18.9 Å². The van der Waals surface area contributed by atoms with Crippen LogP contribution in [-0.4, -0.2) is 30.5 Å². The minimum absolute atomic E-state index is 0.00131. The van der Waals surface area contributed by atoms with E-state index in [-0.39, 0.29) is 28.9 Å². The standard InChI is InChI=1S/C18H18Cl3N3O3/c1-18(9-17(26)27-2,15-5-3-4-6-22-15)23-10-16(25)24-14-8-12(20)11(19)7-13(14)21/h3-8,23H,9-10H2,1-2H3,(H,24,25)/t18-/m0/s1. The molecule has 6 nitrogen and oxygen atoms in total. The highest BCUT2D eigenvalue weighted by Crippen LogP contribution is 2.32. The Morgan fingerprint density at radius 1 is 1.15 bits per heavy atom. The predicted molar refractivity (Wildman–Crippen MR) is 106 cm³/mol. The molecule has 1 heterocycles. The molecule has 0 unspecified atom stereocenters. The number of halogens is 3. The van der Waals surface area contributed by atoms with Crippen molar-refractivity contribution in [3.8, 4) is 0 Å². The fourth-order valence-electron chi connectivity index (χ4n) is 2.38. The second kappa shape index (κ2) is 9.37. The summed E-state index contributed by atoms with van der Waals surface area (Å²) in [6, 6.07) is 8.25. The van der Waals surface area contributed by atoms with Crippen molar-refractivity contribution in [2.75, 3.05) is 19.0 Å². The highest BCUT2D eigenvalue weighted by atomic mass is 35.5. The molecular weight excluding hydrogens is 413 g/mol. The van der Waals surface area contributed by atoms with Gasteiger partial charge in [0.1, 0.15) is 0 Å². The van der Waals surface area contributed by atoms with Crippen LogP contribution in [0.3, 0.4) is 0 Å². The van der Waals surface area contributed by atoms with Gasteiger partial charge in [-0.2, -0.15) is 0 Å². The van der Waals surface area contributed by atoms with Crippen molar-refractivity contribution in [1.82, 2.24) is 10.3 Å². The molecule has 2 rings (SSSR count). The first kappa shape index (κ1) is 21.4. The number of rotatable bonds is 7. The molecule has 0 radical (unpaired) electrons. The second-order valence-electron chi connectivity index (χ2n) is 5.95. The third-order valence-electron chi connectivity index (χ3n) is 3.88. The fourth-order valence-corrected chi connectivity index (χ4v) is 2.98. The van der Waals surface area contributed by atoms with E-state index >= 15 is 0 Å². The van der Waals surface area contributed by atoms with Crippen LogP contribution < -0.4 is 10.6 Å². The number of pyridine rings is 1. The van der Waals surface area contributed by atoms with Crippen molar-refractivity contribution in [2.24, 2.45) is 0 Å². The van der Waals surface area contributed by atoms with Gasteiger partial charge >= 0.3 is 5.97 Å². The number of nitrogens with zero attached hydrogens (tertiary/aromatic N) is 1. The van der Waals surface area contributed by atoms with Gasteiger partial charge in [-0.25, -0.2) is 0 Å². The fraction of sp³-hybridized carbons (Fsp3) is 0.278. The van der Waals surface area contributed by atoms with E-state index in [2.05, 4.69) is 15.6 Å². The van der Waals surface area contributed by atoms with Gasteiger partial charge in [-0.3, -0.25) is 19.9 Å². The average molecular weight is 431 g/mol. The number of methoxy groups -OCH3 is 1. The monoisotopic (exact) mass is 429 g/mol. The van der Waals surface area contributed by atoms with Crippen LogP contribution in [0.2, 0.25) is 15.1 Å². The lowest BCUT2D eigenvalue weighted by molar-refractivity contribution is -0.142. The van der Waals surface area contributed by atoms with Crippen LogP contribution in [0.1, 0.15) is 19.0 Å². The molecule has 2 aromatic rings. The van der Waals surface area contributed by atoms with Crippen molar-refractivity contribution in [1.29, 1.82) is 0 Å². The Kier molecular flexibility index (Phi) is 7.44. The molecule has 0 aliphatic rings. The van der Waals surface area contributed by atoms with Crippen molar-refractivity contribution in [3.63, 3.8) is 0 Å². The van der Waals surface area contributed by atoms with E-state index in [0.29, 0.717) is 16.4 Å². The van der Waals surface area contributed by atoms with Crippen LogP contribution in [0.5, 0.6) is 0 Å². The maximum Gasteiger partial charge on any atom is 0.307 e. The highest BCUT2D eigenvalue weighted by molar-refractivity contribution is 6.44. The summed E-state index contributed by atoms with van der Waals surface area (Å²) in [5, 5.41) is 6.55. The van der Waals surface area contributed by atoms with Gasteiger partial charge in [0.25, 0.3) is 0 Å². The maximum atomic E-state index is 12.3. The van der Waals surface area contributed by atoms with E-state index < -0.39 is 11.5 Å². The Bertz CT molecular complexity index is 833. The molecule has 0 spiro atoms. The molecular formula is C18H18Cl3N3O3. The minimum Gasteiger partial charge on any atom is -0.469 e. The summed E-state index contributed by atoms with van der Waals surface area (Å²) in [5.74, 6) is -0.800. The van der Waals surface area contributed by atoms with Gasteiger partial charge in [0, 0.05) is 6.20 Å². The number of ether oxygens (including phenoxy) is 1. The lowest BCUT2D eigenvalue weighted by atomic mass is 9.92. The van der Waals surface area contributed by atoms with Crippen molar-refractivity contribution in [3.05, 3.63) is 57.3 Å². The Morgan fingerprint density at radius 2 is 1.85 bits per heavy atom. The number of aromatic nitrogens is 1. The Hall–Kier alpha value is -1.86. The summed E-state index contributed by atoms with van der Waals surface area (Å²) < 4.78 is 4.76. The van der Waals surface area contributed by atoms with Crippen LogP contribution in [0.25, 0.3) is 0 Å². The number of carbonyl (C=O) groups is 2. The van der Waals surface area contributed by atoms with Crippen LogP contribution >= 0.6 is 34.8 Å². The number of anilines is 1. The number of carbonyl (C=O) groups excluding carboxylic acids is 2. The first-order chi connectivity index (χ1) is 12.7. The van der Waals surface area contributed by atoms with Gasteiger partial charge in [-0.05, 0) is 31.2 Å². The van der Waals surface area contributed by atoms with Gasteiger partial charge in [0.15, 0.2) is 0 Å². The number of hydrogen-bond acceptors (Lipinski definition) is 5. The molecule has 1 atom stereocenters. The molecule has 0 saturated heterocycles. The number of nitrogens with one attached hydrogen (secondary N) is 2. The van der Waals surface area contributed by atoms with Crippen molar-refractivity contribution >= 4 is 52.4 Å². The van der Waals surface area contributed by atoms with Gasteiger partial charge in [-0.15, -0.1) is 0 Å². The first-order valence-electron chi connectivity index (χ1n) is 7.93. The number of hydrogen-bond donors (Lipinski definition) is 2. The first-order valence-corrected chi connectivity index (χ1v) is 9.06. The van der Waals surface area contributed by atoms with Crippen molar-refractivity contribution < 1.29 is 14.3 Å². The second-order valence-corrected chi connectivity index (χ2v) is 7.17. The molecule has 27 heavy (non-hydrogen) atoms. The SMILES string of the molecule is COC(=O)C[C@](C)(NCC(=O)Nc1cc(Cl)c(Cl)cc1Cl)c1ccccn1. The van der Waals surface area contributed by atoms with E-state index in [1.807, 2.05) is 0 Å². The lowest BCUT2D eigenvalue weighted by Crippen LogP contribution is -2.45. The summed E-state index contributed by atoms with van der Waals surface area (Å²) in [6.07, 6.45) is 1.61. The topological polar surface area (TPSA) is 80.3 Å². The highest BCUT2D eigenvalue weighted by Gasteiger charge is 2.31. The van der Waals surface area contributed by atoms with E-state index in [1.54, 1.807) is 31.3 Å². The zero-order valence-electron chi connectivity index (χ0n) is 14.7. The number of esters is 1. The van der Waals surface area contributed by atoms with Gasteiger partial charge in [0.05, 0.1) is 52.1 Å². The number of benzene rings is 1.